The van der Waals surface area contributed by atoms with Gasteiger partial charge in [-0.15, -0.1) is 0 Å². The number of hydrogen-bond acceptors (Lipinski definition) is 0. The van der Waals surface area contributed by atoms with Gasteiger partial charge in [0.05, 0.1) is 0 Å². The monoisotopic (exact) mass is 124 g/mol. The van der Waals surface area contributed by atoms with E-state index in [1.54, 1.807) is 0 Å². The molecule has 0 heteroatoms. The summed E-state index contributed by atoms with van der Waals surface area (Å²) in [7, 11) is 0. The maximum Gasteiger partial charge on any atom is -0.0147 e. The van der Waals surface area contributed by atoms with E-state index in [-0.39, 0.29) is 0 Å². The van der Waals surface area contributed by atoms with E-state index in [1.165, 1.54) is 25.7 Å². The minimum Gasteiger partial charge on any atom is -0.0911 e. The molecule has 0 heterocycles. The fraction of sp³-hybridized carbons (Fsp3) is 0.778. The van der Waals surface area contributed by atoms with Gasteiger partial charge in [0.2, 0.25) is 0 Å². The quantitative estimate of drug-likeness (QED) is 0.471. The van der Waals surface area contributed by atoms with E-state index in [0.717, 1.165) is 0 Å². The molecular formula is C9H16. The van der Waals surface area contributed by atoms with Gasteiger partial charge >= 0.3 is 0 Å². The molecule has 0 aliphatic heterocycles. The van der Waals surface area contributed by atoms with Gasteiger partial charge in [-0.3, -0.25) is 0 Å². The lowest BCUT2D eigenvalue weighted by atomic mass is 9.89. The summed E-state index contributed by atoms with van der Waals surface area (Å²) in [6.45, 7) is 4.48. The van der Waals surface area contributed by atoms with Gasteiger partial charge in [0, 0.05) is 0 Å². The van der Waals surface area contributed by atoms with Crippen molar-refractivity contribution >= 4 is 0 Å². The standard InChI is InChI=1S/C9H16/c1-3-6-9(2)7-4-5-8-9/h3,6H,4-5,7-8H2,1-2H3/b6-3+. The summed E-state index contributed by atoms with van der Waals surface area (Å²) in [5.74, 6) is 0. The highest BCUT2D eigenvalue weighted by Gasteiger charge is 2.24. The summed E-state index contributed by atoms with van der Waals surface area (Å²) in [4.78, 5) is 0. The Balaban J connectivity index is 2.51. The predicted octanol–water partition coefficient (Wildman–Crippen LogP) is 3.14. The normalized spacial score (nSPS) is 25.6. The van der Waals surface area contributed by atoms with Crippen LogP contribution in [0.5, 0.6) is 0 Å². The molecule has 0 saturated heterocycles. The third-order valence-corrected chi connectivity index (χ3v) is 2.31. The first-order valence-corrected chi connectivity index (χ1v) is 3.91. The second kappa shape index (κ2) is 2.55. The summed E-state index contributed by atoms with van der Waals surface area (Å²) in [5.41, 5.74) is 0.564. The first kappa shape index (κ1) is 6.85. The SMILES string of the molecule is C/C=C/C1(C)CCCC1. The van der Waals surface area contributed by atoms with Crippen LogP contribution in [0.4, 0.5) is 0 Å². The van der Waals surface area contributed by atoms with Crippen LogP contribution in [0.1, 0.15) is 39.5 Å². The summed E-state index contributed by atoms with van der Waals surface area (Å²) >= 11 is 0. The van der Waals surface area contributed by atoms with Crippen LogP contribution in [-0.2, 0) is 0 Å². The van der Waals surface area contributed by atoms with Crippen molar-refractivity contribution in [3.05, 3.63) is 12.2 Å². The molecule has 1 rings (SSSR count). The molecule has 0 unspecified atom stereocenters. The van der Waals surface area contributed by atoms with Crippen molar-refractivity contribution in [3.8, 4) is 0 Å². The Kier molecular flexibility index (Phi) is 1.94. The zero-order valence-electron chi connectivity index (χ0n) is 6.48. The summed E-state index contributed by atoms with van der Waals surface area (Å²) in [6.07, 6.45) is 10.2. The molecule has 0 nitrogen and oxygen atoms in total. The van der Waals surface area contributed by atoms with Crippen LogP contribution < -0.4 is 0 Å². The van der Waals surface area contributed by atoms with E-state index in [4.69, 9.17) is 0 Å². The van der Waals surface area contributed by atoms with Crippen molar-refractivity contribution in [2.24, 2.45) is 5.41 Å². The van der Waals surface area contributed by atoms with Crippen LogP contribution in [0.15, 0.2) is 12.2 Å². The molecule has 9 heavy (non-hydrogen) atoms. The fourth-order valence-electron chi connectivity index (χ4n) is 1.75. The molecule has 0 aromatic rings. The van der Waals surface area contributed by atoms with Crippen molar-refractivity contribution < 1.29 is 0 Å². The molecule has 52 valence electrons. The first-order valence-electron chi connectivity index (χ1n) is 3.91. The van der Waals surface area contributed by atoms with Gasteiger partial charge in [-0.25, -0.2) is 0 Å². The van der Waals surface area contributed by atoms with Crippen LogP contribution in [0.2, 0.25) is 0 Å². The molecule has 0 bridgehead atoms. The van der Waals surface area contributed by atoms with Crippen LogP contribution in [0, 0.1) is 5.41 Å². The minimum absolute atomic E-state index is 0.564. The fourth-order valence-corrected chi connectivity index (χ4v) is 1.75. The number of rotatable bonds is 1. The maximum atomic E-state index is 2.36. The van der Waals surface area contributed by atoms with Crippen molar-refractivity contribution in [2.75, 3.05) is 0 Å². The second-order valence-electron chi connectivity index (χ2n) is 3.36. The zero-order valence-corrected chi connectivity index (χ0v) is 6.48. The number of hydrogen-bond donors (Lipinski definition) is 0. The van der Waals surface area contributed by atoms with Crippen LogP contribution >= 0.6 is 0 Å². The first-order chi connectivity index (χ1) is 4.27. The van der Waals surface area contributed by atoms with Crippen LogP contribution in [0.25, 0.3) is 0 Å². The van der Waals surface area contributed by atoms with Gasteiger partial charge in [-0.05, 0) is 25.2 Å². The Labute approximate surface area is 58.0 Å². The maximum absolute atomic E-state index is 2.36. The van der Waals surface area contributed by atoms with E-state index in [9.17, 15) is 0 Å². The Morgan fingerprint density at radius 2 is 1.78 bits per heavy atom. The molecule has 1 aliphatic carbocycles. The van der Waals surface area contributed by atoms with Gasteiger partial charge in [0.25, 0.3) is 0 Å². The van der Waals surface area contributed by atoms with E-state index >= 15 is 0 Å². The molecule has 0 amide bonds. The second-order valence-corrected chi connectivity index (χ2v) is 3.36. The summed E-state index contributed by atoms with van der Waals surface area (Å²) in [6, 6.07) is 0. The molecule has 0 atom stereocenters. The Hall–Kier alpha value is -0.260. The van der Waals surface area contributed by atoms with Crippen molar-refractivity contribution in [2.45, 2.75) is 39.5 Å². The summed E-state index contributed by atoms with van der Waals surface area (Å²) in [5, 5.41) is 0. The van der Waals surface area contributed by atoms with Gasteiger partial charge < -0.3 is 0 Å². The lowest BCUT2D eigenvalue weighted by Gasteiger charge is -2.16. The highest BCUT2D eigenvalue weighted by Crippen LogP contribution is 2.38. The largest absolute Gasteiger partial charge is 0.0911 e. The average Bonchev–Trinajstić information content (AvgIpc) is 2.16. The Morgan fingerprint density at radius 1 is 1.22 bits per heavy atom. The van der Waals surface area contributed by atoms with E-state index in [1.807, 2.05) is 0 Å². The topological polar surface area (TPSA) is 0 Å². The average molecular weight is 124 g/mol. The van der Waals surface area contributed by atoms with Crippen molar-refractivity contribution in [1.82, 2.24) is 0 Å². The van der Waals surface area contributed by atoms with Gasteiger partial charge in [-0.1, -0.05) is 31.9 Å². The highest BCUT2D eigenvalue weighted by atomic mass is 14.3. The molecule has 0 radical (unpaired) electrons. The van der Waals surface area contributed by atoms with Gasteiger partial charge in [0.1, 0.15) is 0 Å². The van der Waals surface area contributed by atoms with Crippen LogP contribution in [-0.4, -0.2) is 0 Å². The molecule has 1 aliphatic rings. The lowest BCUT2D eigenvalue weighted by Crippen LogP contribution is -2.04. The Morgan fingerprint density at radius 3 is 2.22 bits per heavy atom. The van der Waals surface area contributed by atoms with E-state index < -0.39 is 0 Å². The Bertz CT molecular complexity index is 105. The molecule has 0 spiro atoms. The smallest absolute Gasteiger partial charge is 0.0147 e. The third kappa shape index (κ3) is 1.57. The highest BCUT2D eigenvalue weighted by molar-refractivity contribution is 4.98. The van der Waals surface area contributed by atoms with E-state index in [2.05, 4.69) is 26.0 Å². The molecule has 0 aromatic carbocycles. The summed E-state index contributed by atoms with van der Waals surface area (Å²) < 4.78 is 0. The molecule has 1 saturated carbocycles. The van der Waals surface area contributed by atoms with Crippen molar-refractivity contribution in [1.29, 1.82) is 0 Å². The number of allylic oxidation sites excluding steroid dienone is 2. The van der Waals surface area contributed by atoms with Gasteiger partial charge in [-0.2, -0.15) is 0 Å². The third-order valence-electron chi connectivity index (χ3n) is 2.31. The van der Waals surface area contributed by atoms with Crippen molar-refractivity contribution in [3.63, 3.8) is 0 Å². The minimum atomic E-state index is 0.564. The van der Waals surface area contributed by atoms with Gasteiger partial charge in [0.15, 0.2) is 0 Å². The molecule has 0 aromatic heterocycles. The zero-order chi connectivity index (χ0) is 6.74. The molecule has 0 N–H and O–H groups in total. The van der Waals surface area contributed by atoms with Crippen LogP contribution in [0.3, 0.4) is 0 Å². The molecule has 1 fully saturated rings. The van der Waals surface area contributed by atoms with E-state index in [0.29, 0.717) is 5.41 Å². The predicted molar refractivity (Wildman–Crippen MR) is 41.4 cm³/mol. The lowest BCUT2D eigenvalue weighted by molar-refractivity contribution is 0.446. The molecular weight excluding hydrogens is 108 g/mol.